The van der Waals surface area contributed by atoms with Crippen molar-refractivity contribution in [3.05, 3.63) is 12.7 Å². The lowest BCUT2D eigenvalue weighted by Crippen LogP contribution is -2.35. The summed E-state index contributed by atoms with van der Waals surface area (Å²) in [7, 11) is 0. The molecule has 0 aliphatic heterocycles. The second-order valence-electron chi connectivity index (χ2n) is 6.23. The molecule has 2 aliphatic carbocycles. The molecule has 0 heterocycles. The van der Waals surface area contributed by atoms with Crippen molar-refractivity contribution in [1.29, 1.82) is 0 Å². The van der Waals surface area contributed by atoms with Crippen LogP contribution in [0.15, 0.2) is 12.7 Å². The van der Waals surface area contributed by atoms with Crippen LogP contribution in [0.5, 0.6) is 0 Å². The third-order valence-electron chi connectivity index (χ3n) is 5.19. The fraction of sp³-hybridized carbons (Fsp3) is 0.867. The summed E-state index contributed by atoms with van der Waals surface area (Å²) in [6.07, 6.45) is 12.1. The van der Waals surface area contributed by atoms with Gasteiger partial charge in [0.1, 0.15) is 0 Å². The Morgan fingerprint density at radius 2 is 1.62 bits per heavy atom. The molecule has 16 heavy (non-hydrogen) atoms. The maximum absolute atomic E-state index is 9.61. The van der Waals surface area contributed by atoms with Crippen LogP contribution in [0.25, 0.3) is 0 Å². The van der Waals surface area contributed by atoms with Gasteiger partial charge in [-0.05, 0) is 68.6 Å². The molecule has 1 nitrogen and oxygen atoms in total. The van der Waals surface area contributed by atoms with Crippen LogP contribution in [0.3, 0.4) is 0 Å². The van der Waals surface area contributed by atoms with Crippen molar-refractivity contribution in [2.75, 3.05) is 0 Å². The quantitative estimate of drug-likeness (QED) is 0.702. The average Bonchev–Trinajstić information content (AvgIpc) is 2.33. The van der Waals surface area contributed by atoms with Crippen molar-refractivity contribution in [2.45, 2.75) is 64.4 Å². The number of hydrogen-bond donors (Lipinski definition) is 1. The van der Waals surface area contributed by atoms with Crippen LogP contribution in [0.1, 0.15) is 58.3 Å². The molecule has 0 atom stereocenters. The van der Waals surface area contributed by atoms with Crippen molar-refractivity contribution in [1.82, 2.24) is 0 Å². The van der Waals surface area contributed by atoms with Crippen molar-refractivity contribution in [3.63, 3.8) is 0 Å². The summed E-state index contributed by atoms with van der Waals surface area (Å²) in [5.41, 5.74) is 0.519. The highest BCUT2D eigenvalue weighted by molar-refractivity contribution is 4.92. The summed E-state index contributed by atoms with van der Waals surface area (Å²) in [4.78, 5) is 0. The van der Waals surface area contributed by atoms with E-state index in [-0.39, 0.29) is 6.10 Å². The molecule has 0 saturated heterocycles. The van der Waals surface area contributed by atoms with E-state index in [1.807, 2.05) is 0 Å². The Hall–Kier alpha value is -0.300. The van der Waals surface area contributed by atoms with E-state index < -0.39 is 0 Å². The molecule has 1 N–H and O–H groups in total. The molecule has 0 aromatic rings. The monoisotopic (exact) mass is 222 g/mol. The zero-order valence-corrected chi connectivity index (χ0v) is 10.6. The molecule has 0 spiro atoms. The van der Waals surface area contributed by atoms with Gasteiger partial charge in [-0.3, -0.25) is 0 Å². The molecule has 92 valence electrons. The lowest BCUT2D eigenvalue weighted by molar-refractivity contribution is 0.0204. The molecule has 0 unspecified atom stereocenters. The number of hydrogen-bond acceptors (Lipinski definition) is 1. The topological polar surface area (TPSA) is 20.2 Å². The van der Waals surface area contributed by atoms with Gasteiger partial charge in [0.25, 0.3) is 0 Å². The van der Waals surface area contributed by atoms with Gasteiger partial charge in [0.15, 0.2) is 0 Å². The molecular weight excluding hydrogens is 196 g/mol. The average molecular weight is 222 g/mol. The highest BCUT2D eigenvalue weighted by Crippen LogP contribution is 2.48. The van der Waals surface area contributed by atoms with Crippen molar-refractivity contribution >= 4 is 0 Å². The summed E-state index contributed by atoms with van der Waals surface area (Å²) >= 11 is 0. The van der Waals surface area contributed by atoms with Gasteiger partial charge in [0.2, 0.25) is 0 Å². The summed E-state index contributed by atoms with van der Waals surface area (Å²) < 4.78 is 0. The van der Waals surface area contributed by atoms with Gasteiger partial charge < -0.3 is 5.11 Å². The lowest BCUT2D eigenvalue weighted by Gasteiger charge is -2.45. The van der Waals surface area contributed by atoms with E-state index in [4.69, 9.17) is 0 Å². The van der Waals surface area contributed by atoms with Gasteiger partial charge in [0, 0.05) is 0 Å². The summed E-state index contributed by atoms with van der Waals surface area (Å²) in [5, 5.41) is 9.61. The van der Waals surface area contributed by atoms with Crippen LogP contribution >= 0.6 is 0 Å². The van der Waals surface area contributed by atoms with Crippen molar-refractivity contribution in [3.8, 4) is 0 Å². The fourth-order valence-corrected chi connectivity index (χ4v) is 3.72. The van der Waals surface area contributed by atoms with Crippen LogP contribution in [0, 0.1) is 17.3 Å². The van der Waals surface area contributed by atoms with E-state index in [2.05, 4.69) is 19.6 Å². The highest BCUT2D eigenvalue weighted by Gasteiger charge is 2.38. The van der Waals surface area contributed by atoms with E-state index >= 15 is 0 Å². The van der Waals surface area contributed by atoms with Gasteiger partial charge in [-0.15, -0.1) is 6.58 Å². The van der Waals surface area contributed by atoms with Gasteiger partial charge in [-0.25, -0.2) is 0 Å². The molecule has 0 bridgehead atoms. The lowest BCUT2D eigenvalue weighted by atomic mass is 9.61. The van der Waals surface area contributed by atoms with E-state index in [1.165, 1.54) is 38.5 Å². The Labute approximate surface area is 99.9 Å². The Morgan fingerprint density at radius 1 is 1.06 bits per heavy atom. The fourth-order valence-electron chi connectivity index (χ4n) is 3.72. The number of rotatable bonds is 2. The summed E-state index contributed by atoms with van der Waals surface area (Å²) in [6, 6.07) is 0. The second kappa shape index (κ2) is 4.91. The van der Waals surface area contributed by atoms with Crippen molar-refractivity contribution < 1.29 is 5.11 Å². The van der Waals surface area contributed by atoms with Gasteiger partial charge in [0.05, 0.1) is 6.10 Å². The first-order chi connectivity index (χ1) is 7.64. The number of allylic oxidation sites excluding steroid dienone is 1. The van der Waals surface area contributed by atoms with Crippen LogP contribution in [-0.4, -0.2) is 11.2 Å². The van der Waals surface area contributed by atoms with Crippen LogP contribution < -0.4 is 0 Å². The van der Waals surface area contributed by atoms with E-state index in [0.717, 1.165) is 24.7 Å². The molecule has 2 fully saturated rings. The normalized spacial score (nSPS) is 45.2. The first-order valence-corrected chi connectivity index (χ1v) is 6.95. The first kappa shape index (κ1) is 12.2. The Bertz CT molecular complexity index is 230. The molecule has 2 rings (SSSR count). The van der Waals surface area contributed by atoms with Gasteiger partial charge in [-0.2, -0.15) is 0 Å². The maximum atomic E-state index is 9.61. The Kier molecular flexibility index (Phi) is 3.73. The molecule has 2 aliphatic rings. The summed E-state index contributed by atoms with van der Waals surface area (Å²) in [6.45, 7) is 6.37. The molecule has 0 aromatic heterocycles. The van der Waals surface area contributed by atoms with E-state index in [1.54, 1.807) is 0 Å². The van der Waals surface area contributed by atoms with E-state index in [0.29, 0.717) is 5.41 Å². The van der Waals surface area contributed by atoms with Crippen LogP contribution in [0.2, 0.25) is 0 Å². The third kappa shape index (κ3) is 2.51. The summed E-state index contributed by atoms with van der Waals surface area (Å²) in [5.74, 6) is 1.67. The van der Waals surface area contributed by atoms with Gasteiger partial charge >= 0.3 is 0 Å². The van der Waals surface area contributed by atoms with E-state index in [9.17, 15) is 5.11 Å². The predicted octanol–water partition coefficient (Wildman–Crippen LogP) is 3.92. The van der Waals surface area contributed by atoms with Crippen LogP contribution in [0.4, 0.5) is 0 Å². The largest absolute Gasteiger partial charge is 0.393 e. The molecule has 2 saturated carbocycles. The molecule has 0 aromatic carbocycles. The molecule has 0 amide bonds. The first-order valence-electron chi connectivity index (χ1n) is 6.95. The minimum Gasteiger partial charge on any atom is -0.393 e. The number of aliphatic hydroxyl groups excluding tert-OH is 1. The van der Waals surface area contributed by atoms with Gasteiger partial charge in [-0.1, -0.05) is 13.0 Å². The standard InChI is InChI=1S/C15H26O/c1-3-12-4-6-13(7-5-12)15(2)10-8-14(16)9-11-15/h3,12-14,16H,1,4-11H2,2H3. The van der Waals surface area contributed by atoms with Crippen LogP contribution in [-0.2, 0) is 0 Å². The minimum atomic E-state index is -0.0161. The third-order valence-corrected chi connectivity index (χ3v) is 5.19. The smallest absolute Gasteiger partial charge is 0.0540 e. The molecule has 1 heteroatoms. The zero-order valence-electron chi connectivity index (χ0n) is 10.6. The SMILES string of the molecule is C=CC1CCC(C2(C)CCC(O)CC2)CC1. The Morgan fingerprint density at radius 3 is 2.12 bits per heavy atom. The second-order valence-corrected chi connectivity index (χ2v) is 6.23. The molecular formula is C15H26O. The predicted molar refractivity (Wildman–Crippen MR) is 68.2 cm³/mol. The van der Waals surface area contributed by atoms with Crippen molar-refractivity contribution in [2.24, 2.45) is 17.3 Å². The minimum absolute atomic E-state index is 0.0161. The highest BCUT2D eigenvalue weighted by atomic mass is 16.3. The maximum Gasteiger partial charge on any atom is 0.0540 e. The Balaban J connectivity index is 1.90. The zero-order chi connectivity index (χ0) is 11.6. The molecule has 0 radical (unpaired) electrons. The number of aliphatic hydroxyl groups is 1.